The van der Waals surface area contributed by atoms with E-state index in [4.69, 9.17) is 9.26 Å². The SMILES string of the molecule is COCCN(CC(=O)Nc1cccc(C)c1C)Cc1nc(-c2ccccc2)no1. The van der Waals surface area contributed by atoms with Gasteiger partial charge >= 0.3 is 0 Å². The number of ether oxygens (including phenoxy) is 1. The molecule has 0 aliphatic carbocycles. The molecule has 0 saturated heterocycles. The molecule has 0 unspecified atom stereocenters. The summed E-state index contributed by atoms with van der Waals surface area (Å²) in [6.07, 6.45) is 0. The lowest BCUT2D eigenvalue weighted by Gasteiger charge is -2.20. The maximum atomic E-state index is 12.6. The molecule has 0 bridgehead atoms. The number of nitrogens with zero attached hydrogens (tertiary/aromatic N) is 3. The molecule has 1 aromatic heterocycles. The first-order chi connectivity index (χ1) is 14.1. The van der Waals surface area contributed by atoms with Crippen molar-refractivity contribution >= 4 is 11.6 Å². The van der Waals surface area contributed by atoms with Gasteiger partial charge in [-0.05, 0) is 31.0 Å². The van der Waals surface area contributed by atoms with Crippen LogP contribution in [-0.2, 0) is 16.1 Å². The summed E-state index contributed by atoms with van der Waals surface area (Å²) >= 11 is 0. The Morgan fingerprint density at radius 1 is 1.14 bits per heavy atom. The second-order valence-corrected chi connectivity index (χ2v) is 6.88. The number of carbonyl (C=O) groups excluding carboxylic acids is 1. The number of aromatic nitrogens is 2. The van der Waals surface area contributed by atoms with Gasteiger partial charge in [-0.3, -0.25) is 9.69 Å². The Labute approximate surface area is 170 Å². The molecule has 1 amide bonds. The maximum Gasteiger partial charge on any atom is 0.241 e. The maximum absolute atomic E-state index is 12.6. The minimum absolute atomic E-state index is 0.0994. The minimum Gasteiger partial charge on any atom is -0.383 e. The number of carbonyl (C=O) groups is 1. The van der Waals surface area contributed by atoms with Gasteiger partial charge in [-0.15, -0.1) is 0 Å². The Morgan fingerprint density at radius 2 is 1.93 bits per heavy atom. The number of rotatable bonds is 9. The molecule has 0 aliphatic rings. The van der Waals surface area contributed by atoms with Crippen molar-refractivity contribution in [3.8, 4) is 11.4 Å². The lowest BCUT2D eigenvalue weighted by molar-refractivity contribution is -0.117. The monoisotopic (exact) mass is 394 g/mol. The van der Waals surface area contributed by atoms with Gasteiger partial charge < -0.3 is 14.6 Å². The van der Waals surface area contributed by atoms with Crippen LogP contribution in [0.2, 0.25) is 0 Å². The minimum atomic E-state index is -0.0994. The van der Waals surface area contributed by atoms with Crippen LogP contribution in [0.5, 0.6) is 0 Å². The second-order valence-electron chi connectivity index (χ2n) is 6.88. The van der Waals surface area contributed by atoms with Crippen LogP contribution in [0.1, 0.15) is 17.0 Å². The zero-order valence-electron chi connectivity index (χ0n) is 17.0. The largest absolute Gasteiger partial charge is 0.383 e. The molecule has 29 heavy (non-hydrogen) atoms. The van der Waals surface area contributed by atoms with Crippen LogP contribution in [0.3, 0.4) is 0 Å². The zero-order chi connectivity index (χ0) is 20.6. The molecule has 3 aromatic rings. The van der Waals surface area contributed by atoms with E-state index < -0.39 is 0 Å². The van der Waals surface area contributed by atoms with Gasteiger partial charge in [-0.1, -0.05) is 47.6 Å². The van der Waals surface area contributed by atoms with Crippen molar-refractivity contribution in [2.24, 2.45) is 0 Å². The highest BCUT2D eigenvalue weighted by atomic mass is 16.5. The van der Waals surface area contributed by atoms with Crippen LogP contribution in [0, 0.1) is 13.8 Å². The number of methoxy groups -OCH3 is 1. The first-order valence-electron chi connectivity index (χ1n) is 9.52. The molecule has 152 valence electrons. The summed E-state index contributed by atoms with van der Waals surface area (Å²) in [6.45, 7) is 5.65. The molecule has 2 aromatic carbocycles. The summed E-state index contributed by atoms with van der Waals surface area (Å²) in [7, 11) is 1.63. The number of hydrogen-bond donors (Lipinski definition) is 1. The first-order valence-corrected chi connectivity index (χ1v) is 9.52. The molecule has 0 radical (unpaired) electrons. The first kappa shape index (κ1) is 20.7. The highest BCUT2D eigenvalue weighted by Crippen LogP contribution is 2.18. The van der Waals surface area contributed by atoms with Crippen molar-refractivity contribution in [1.29, 1.82) is 0 Å². The number of benzene rings is 2. The Morgan fingerprint density at radius 3 is 2.69 bits per heavy atom. The Bertz CT molecular complexity index is 940. The fourth-order valence-electron chi connectivity index (χ4n) is 2.93. The van der Waals surface area contributed by atoms with Crippen molar-refractivity contribution in [2.75, 3.05) is 32.1 Å². The van der Waals surface area contributed by atoms with Gasteiger partial charge in [0.25, 0.3) is 0 Å². The number of anilines is 1. The molecular formula is C22H26N4O3. The van der Waals surface area contributed by atoms with Crippen molar-refractivity contribution < 1.29 is 14.1 Å². The standard InChI is InChI=1S/C22H26N4O3/c1-16-8-7-11-19(17(16)2)23-20(27)14-26(12-13-28-3)15-21-24-22(25-29-21)18-9-5-4-6-10-18/h4-11H,12-15H2,1-3H3,(H,23,27). The van der Waals surface area contributed by atoms with Gasteiger partial charge in [0.2, 0.25) is 17.6 Å². The van der Waals surface area contributed by atoms with E-state index in [1.807, 2.05) is 67.3 Å². The van der Waals surface area contributed by atoms with E-state index in [-0.39, 0.29) is 12.5 Å². The molecule has 1 N–H and O–H groups in total. The Balaban J connectivity index is 1.65. The third-order valence-electron chi connectivity index (χ3n) is 4.72. The van der Waals surface area contributed by atoms with Crippen LogP contribution in [0.25, 0.3) is 11.4 Å². The molecule has 0 saturated carbocycles. The van der Waals surface area contributed by atoms with Crippen LogP contribution < -0.4 is 5.32 Å². The average molecular weight is 394 g/mol. The van der Waals surface area contributed by atoms with E-state index in [9.17, 15) is 4.79 Å². The summed E-state index contributed by atoms with van der Waals surface area (Å²) in [6, 6.07) is 15.5. The van der Waals surface area contributed by atoms with E-state index in [0.29, 0.717) is 31.4 Å². The van der Waals surface area contributed by atoms with Crippen molar-refractivity contribution in [1.82, 2.24) is 15.0 Å². The van der Waals surface area contributed by atoms with E-state index in [2.05, 4.69) is 15.5 Å². The van der Waals surface area contributed by atoms with Crippen molar-refractivity contribution in [3.05, 3.63) is 65.5 Å². The second kappa shape index (κ2) is 9.95. The molecule has 7 heteroatoms. The molecule has 0 spiro atoms. The Kier molecular flexibility index (Phi) is 7.10. The van der Waals surface area contributed by atoms with Crippen LogP contribution in [0.15, 0.2) is 53.1 Å². The quantitative estimate of drug-likeness (QED) is 0.599. The van der Waals surface area contributed by atoms with Crippen LogP contribution in [0.4, 0.5) is 5.69 Å². The summed E-state index contributed by atoms with van der Waals surface area (Å²) < 4.78 is 10.6. The number of aryl methyl sites for hydroxylation is 1. The number of amides is 1. The van der Waals surface area contributed by atoms with Crippen LogP contribution >= 0.6 is 0 Å². The highest BCUT2D eigenvalue weighted by Gasteiger charge is 2.16. The molecule has 0 fully saturated rings. The smallest absolute Gasteiger partial charge is 0.241 e. The zero-order valence-corrected chi connectivity index (χ0v) is 17.0. The average Bonchev–Trinajstić information content (AvgIpc) is 3.19. The molecule has 7 nitrogen and oxygen atoms in total. The normalized spacial score (nSPS) is 11.0. The number of hydrogen-bond acceptors (Lipinski definition) is 6. The third kappa shape index (κ3) is 5.73. The van der Waals surface area contributed by atoms with E-state index in [0.717, 1.165) is 22.4 Å². The van der Waals surface area contributed by atoms with Gasteiger partial charge in [0.15, 0.2) is 0 Å². The van der Waals surface area contributed by atoms with Gasteiger partial charge in [-0.25, -0.2) is 0 Å². The topological polar surface area (TPSA) is 80.5 Å². The Hall–Kier alpha value is -3.03. The van der Waals surface area contributed by atoms with E-state index in [1.54, 1.807) is 7.11 Å². The lowest BCUT2D eigenvalue weighted by Crippen LogP contribution is -2.35. The molecular weight excluding hydrogens is 368 g/mol. The fourth-order valence-corrected chi connectivity index (χ4v) is 2.93. The summed E-state index contributed by atoms with van der Waals surface area (Å²) in [5.41, 5.74) is 3.91. The van der Waals surface area contributed by atoms with Gasteiger partial charge in [-0.2, -0.15) is 4.98 Å². The van der Waals surface area contributed by atoms with Crippen LogP contribution in [-0.4, -0.2) is 47.8 Å². The molecule has 0 atom stereocenters. The third-order valence-corrected chi connectivity index (χ3v) is 4.72. The molecule has 0 aliphatic heterocycles. The summed E-state index contributed by atoms with van der Waals surface area (Å²) in [5, 5.41) is 7.03. The van der Waals surface area contributed by atoms with Gasteiger partial charge in [0.05, 0.1) is 19.7 Å². The lowest BCUT2D eigenvalue weighted by atomic mass is 10.1. The highest BCUT2D eigenvalue weighted by molar-refractivity contribution is 5.93. The predicted octanol–water partition coefficient (Wildman–Crippen LogP) is 3.44. The molecule has 1 heterocycles. The van der Waals surface area contributed by atoms with E-state index >= 15 is 0 Å². The fraction of sp³-hybridized carbons (Fsp3) is 0.318. The van der Waals surface area contributed by atoms with Gasteiger partial charge in [0, 0.05) is 24.9 Å². The summed E-state index contributed by atoms with van der Waals surface area (Å²) in [5.74, 6) is 0.893. The van der Waals surface area contributed by atoms with Gasteiger partial charge in [0.1, 0.15) is 0 Å². The molecule has 3 rings (SSSR count). The summed E-state index contributed by atoms with van der Waals surface area (Å²) in [4.78, 5) is 19.0. The van der Waals surface area contributed by atoms with Crippen molar-refractivity contribution in [2.45, 2.75) is 20.4 Å². The predicted molar refractivity (Wildman–Crippen MR) is 111 cm³/mol. The number of nitrogens with one attached hydrogen (secondary N) is 1. The van der Waals surface area contributed by atoms with E-state index in [1.165, 1.54) is 0 Å². The van der Waals surface area contributed by atoms with Crippen molar-refractivity contribution in [3.63, 3.8) is 0 Å².